The lowest BCUT2D eigenvalue weighted by atomic mass is 9.25. The van der Waals surface area contributed by atoms with Crippen molar-refractivity contribution in [2.45, 2.75) is 10.8 Å². The second-order valence-corrected chi connectivity index (χ2v) is 16.6. The SMILES string of the molecule is c1ccc(N2c3ccccc3C3(c4ccccc42)c2cccc4c2B2c5c(cccc5C5(c6ccccc6N(c6ccccc6)c6ccccc65)c5cccc3c52)O4)cc1. The van der Waals surface area contributed by atoms with Gasteiger partial charge in [-0.15, -0.1) is 0 Å². The van der Waals surface area contributed by atoms with Crippen LogP contribution in [-0.4, -0.2) is 6.71 Å². The van der Waals surface area contributed by atoms with Crippen molar-refractivity contribution in [3.63, 3.8) is 0 Å². The lowest BCUT2D eigenvalue weighted by Gasteiger charge is -2.56. The summed E-state index contributed by atoms with van der Waals surface area (Å²) in [5.74, 6) is 1.89. The van der Waals surface area contributed by atoms with E-state index in [2.05, 4.69) is 222 Å². The minimum absolute atomic E-state index is 0.0171. The molecule has 9 aromatic carbocycles. The molecule has 5 heterocycles. The Kier molecular flexibility index (Phi) is 6.24. The largest absolute Gasteiger partial charge is 0.458 e. The topological polar surface area (TPSA) is 15.7 Å². The molecule has 0 amide bonds. The number of rotatable bonds is 2. The first-order chi connectivity index (χ1) is 29.8. The Hall–Kier alpha value is -7.56. The molecule has 14 rings (SSSR count). The third kappa shape index (κ3) is 3.71. The lowest BCUT2D eigenvalue weighted by Crippen LogP contribution is -2.70. The van der Waals surface area contributed by atoms with E-state index in [-0.39, 0.29) is 6.71 Å². The van der Waals surface area contributed by atoms with Gasteiger partial charge in [0, 0.05) is 11.4 Å². The maximum absolute atomic E-state index is 7.23. The fourth-order valence-corrected chi connectivity index (χ4v) is 12.3. The molecule has 0 bridgehead atoms. The molecule has 0 saturated carbocycles. The predicted octanol–water partition coefficient (Wildman–Crippen LogP) is 11.3. The number of ether oxygens (including phenoxy) is 1. The average Bonchev–Trinajstić information content (AvgIpc) is 3.32. The van der Waals surface area contributed by atoms with Gasteiger partial charge in [-0.2, -0.15) is 0 Å². The van der Waals surface area contributed by atoms with E-state index in [4.69, 9.17) is 4.74 Å². The van der Waals surface area contributed by atoms with Crippen LogP contribution in [0.4, 0.5) is 34.1 Å². The Morgan fingerprint density at radius 2 is 0.583 bits per heavy atom. The van der Waals surface area contributed by atoms with E-state index in [1.54, 1.807) is 0 Å². The van der Waals surface area contributed by atoms with Crippen LogP contribution in [0, 0.1) is 0 Å². The molecular weight excluding hydrogens is 727 g/mol. The molecule has 0 aromatic heterocycles. The summed E-state index contributed by atoms with van der Waals surface area (Å²) in [7, 11) is 0. The Labute approximate surface area is 349 Å². The van der Waals surface area contributed by atoms with Crippen LogP contribution in [0.2, 0.25) is 0 Å². The monoisotopic (exact) mass is 762 g/mol. The summed E-state index contributed by atoms with van der Waals surface area (Å²) >= 11 is 0. The zero-order chi connectivity index (χ0) is 39.2. The van der Waals surface area contributed by atoms with Crippen LogP contribution in [0.3, 0.4) is 0 Å². The fraction of sp³-hybridized carbons (Fsp3) is 0.0357. The summed E-state index contributed by atoms with van der Waals surface area (Å²) < 4.78 is 7.23. The number of hydrogen-bond donors (Lipinski definition) is 0. The van der Waals surface area contributed by atoms with E-state index in [0.29, 0.717) is 0 Å². The van der Waals surface area contributed by atoms with E-state index in [1.165, 1.54) is 83.6 Å². The average molecular weight is 763 g/mol. The fourth-order valence-electron chi connectivity index (χ4n) is 12.3. The van der Waals surface area contributed by atoms with E-state index in [9.17, 15) is 0 Å². The summed E-state index contributed by atoms with van der Waals surface area (Å²) in [5.41, 5.74) is 20.0. The maximum atomic E-state index is 7.23. The van der Waals surface area contributed by atoms with Crippen molar-refractivity contribution in [1.29, 1.82) is 0 Å². The molecule has 0 unspecified atom stereocenters. The Balaban J connectivity index is 1.17. The number of fused-ring (bicyclic) bond motifs is 12. The van der Waals surface area contributed by atoms with Crippen LogP contribution in [0.15, 0.2) is 212 Å². The predicted molar refractivity (Wildman–Crippen MR) is 244 cm³/mol. The molecule has 0 saturated heterocycles. The van der Waals surface area contributed by atoms with Gasteiger partial charge < -0.3 is 14.5 Å². The van der Waals surface area contributed by atoms with E-state index in [1.807, 2.05) is 0 Å². The van der Waals surface area contributed by atoms with Gasteiger partial charge in [-0.25, -0.2) is 0 Å². The van der Waals surface area contributed by atoms with Crippen molar-refractivity contribution >= 4 is 57.2 Å². The van der Waals surface area contributed by atoms with Gasteiger partial charge in [0.2, 0.25) is 0 Å². The molecule has 9 aromatic rings. The number of nitrogens with zero attached hydrogens (tertiary/aromatic N) is 2. The third-order valence-corrected chi connectivity index (χ3v) is 14.2. The zero-order valence-electron chi connectivity index (χ0n) is 32.6. The van der Waals surface area contributed by atoms with Crippen molar-refractivity contribution in [3.05, 3.63) is 257 Å². The zero-order valence-corrected chi connectivity index (χ0v) is 32.6. The minimum Gasteiger partial charge on any atom is -0.458 e. The number of anilines is 6. The first-order valence-corrected chi connectivity index (χ1v) is 21.0. The van der Waals surface area contributed by atoms with Gasteiger partial charge in [0.1, 0.15) is 11.5 Å². The van der Waals surface area contributed by atoms with E-state index in [0.717, 1.165) is 22.9 Å². The molecular formula is C56H35BN2O. The van der Waals surface area contributed by atoms with Crippen molar-refractivity contribution in [2.75, 3.05) is 9.80 Å². The van der Waals surface area contributed by atoms with Crippen molar-refractivity contribution in [3.8, 4) is 11.5 Å². The molecule has 0 N–H and O–H groups in total. The third-order valence-electron chi connectivity index (χ3n) is 14.2. The van der Waals surface area contributed by atoms with Crippen LogP contribution < -0.4 is 30.9 Å². The highest BCUT2D eigenvalue weighted by molar-refractivity contribution is 6.99. The molecule has 3 nitrogen and oxygen atoms in total. The van der Waals surface area contributed by atoms with E-state index < -0.39 is 10.8 Å². The number of para-hydroxylation sites is 6. The summed E-state index contributed by atoms with van der Waals surface area (Å²) in [6, 6.07) is 79.0. The maximum Gasteiger partial charge on any atom is 0.252 e. The molecule has 4 heteroatoms. The molecule has 60 heavy (non-hydrogen) atoms. The van der Waals surface area contributed by atoms with Crippen molar-refractivity contribution < 1.29 is 4.74 Å². The molecule has 0 fully saturated rings. The molecule has 2 spiro atoms. The highest BCUT2D eigenvalue weighted by Crippen LogP contribution is 2.63. The Bertz CT molecular complexity index is 2980. The highest BCUT2D eigenvalue weighted by Gasteiger charge is 2.61. The Morgan fingerprint density at radius 3 is 0.967 bits per heavy atom. The number of benzene rings is 9. The summed E-state index contributed by atoms with van der Waals surface area (Å²) in [4.78, 5) is 4.92. The summed E-state index contributed by atoms with van der Waals surface area (Å²) in [5, 5.41) is 0. The van der Waals surface area contributed by atoms with Crippen LogP contribution in [0.1, 0.15) is 44.5 Å². The van der Waals surface area contributed by atoms with Crippen molar-refractivity contribution in [1.82, 2.24) is 0 Å². The van der Waals surface area contributed by atoms with Gasteiger partial charge in [-0.1, -0.05) is 157 Å². The van der Waals surface area contributed by atoms with Gasteiger partial charge in [0.25, 0.3) is 6.71 Å². The number of hydrogen-bond acceptors (Lipinski definition) is 3. The molecule has 5 aliphatic rings. The summed E-state index contributed by atoms with van der Waals surface area (Å²) in [6.07, 6.45) is 0. The van der Waals surface area contributed by atoms with Gasteiger partial charge in [-0.05, 0) is 116 Å². The first kappa shape index (κ1) is 32.4. The first-order valence-electron chi connectivity index (χ1n) is 21.0. The standard InChI is InChI=1S/C56H35BN2O/c1-3-18-36(19-4-1)58-46-30-11-7-22-38(46)55(39-23-8-12-31-47(39)58)42-26-15-27-43-52(42)57-53-44(55)28-16-34-50(53)60-51-35-17-29-45(54(51)57)56(43)40-24-9-13-32-48(40)59(37-20-5-2-6-21-37)49-33-14-10-25-41(49)56/h1-35H. The minimum atomic E-state index is -0.649. The van der Waals surface area contributed by atoms with Crippen LogP contribution >= 0.6 is 0 Å². The van der Waals surface area contributed by atoms with Crippen molar-refractivity contribution in [2.24, 2.45) is 0 Å². The van der Waals surface area contributed by atoms with E-state index >= 15 is 0 Å². The van der Waals surface area contributed by atoms with Crippen LogP contribution in [0.25, 0.3) is 0 Å². The highest BCUT2D eigenvalue weighted by atomic mass is 16.5. The van der Waals surface area contributed by atoms with Gasteiger partial charge in [0.05, 0.1) is 33.6 Å². The van der Waals surface area contributed by atoms with Gasteiger partial charge >= 0.3 is 0 Å². The second-order valence-electron chi connectivity index (χ2n) is 16.6. The lowest BCUT2D eigenvalue weighted by molar-refractivity contribution is 0.483. The molecule has 5 aliphatic heterocycles. The summed E-state index contributed by atoms with van der Waals surface area (Å²) in [6.45, 7) is -0.0171. The van der Waals surface area contributed by atoms with Gasteiger partial charge in [-0.3, -0.25) is 0 Å². The molecule has 278 valence electrons. The van der Waals surface area contributed by atoms with Crippen LogP contribution in [0.5, 0.6) is 11.5 Å². The molecule has 0 aliphatic carbocycles. The normalized spacial score (nSPS) is 15.6. The molecule has 0 atom stereocenters. The van der Waals surface area contributed by atoms with Gasteiger partial charge in [0.15, 0.2) is 0 Å². The smallest absolute Gasteiger partial charge is 0.252 e. The molecule has 0 radical (unpaired) electrons. The quantitative estimate of drug-likeness (QED) is 0.163. The second kappa shape index (κ2) is 11.6. The van der Waals surface area contributed by atoms with Crippen LogP contribution in [-0.2, 0) is 10.8 Å². The Morgan fingerprint density at radius 1 is 0.283 bits per heavy atom.